The van der Waals surface area contributed by atoms with Gasteiger partial charge in [-0.05, 0) is 37.1 Å². The molecular formula is C23H29N3O4. The molecule has 0 atom stereocenters. The Morgan fingerprint density at radius 3 is 2.23 bits per heavy atom. The minimum Gasteiger partial charge on any atom is -0.497 e. The number of hydrogen-bond donors (Lipinski definition) is 1. The van der Waals surface area contributed by atoms with E-state index in [9.17, 15) is 9.59 Å². The highest BCUT2D eigenvalue weighted by atomic mass is 16.5. The monoisotopic (exact) mass is 411 g/mol. The summed E-state index contributed by atoms with van der Waals surface area (Å²) < 4.78 is 10.6. The van der Waals surface area contributed by atoms with Gasteiger partial charge in [-0.2, -0.15) is 0 Å². The standard InChI is InChI=1S/C23H29N3O4/c1-16-6-5-7-17(2)22(16)24-21(27)15-25-10-12-26(13-11-25)23(28)19-9-8-18(29-3)14-20(19)30-4/h5-9,14H,10-13,15H2,1-4H3,(H,24,27). The molecule has 0 bridgehead atoms. The average Bonchev–Trinajstić information content (AvgIpc) is 2.76. The Labute approximate surface area is 177 Å². The molecule has 1 aliphatic rings. The third-order valence-corrected chi connectivity index (χ3v) is 5.41. The molecule has 30 heavy (non-hydrogen) atoms. The number of para-hydroxylation sites is 1. The highest BCUT2D eigenvalue weighted by Gasteiger charge is 2.25. The maximum atomic E-state index is 12.9. The van der Waals surface area contributed by atoms with E-state index in [4.69, 9.17) is 9.47 Å². The summed E-state index contributed by atoms with van der Waals surface area (Å²) in [5.74, 6) is 1.02. The lowest BCUT2D eigenvalue weighted by Crippen LogP contribution is -2.50. The Bertz CT molecular complexity index is 900. The van der Waals surface area contributed by atoms with Gasteiger partial charge in [0.2, 0.25) is 5.91 Å². The Hall–Kier alpha value is -3.06. The number of ether oxygens (including phenoxy) is 2. The quantitative estimate of drug-likeness (QED) is 0.792. The molecule has 0 saturated carbocycles. The van der Waals surface area contributed by atoms with Crippen LogP contribution in [0.5, 0.6) is 11.5 Å². The first-order chi connectivity index (χ1) is 14.4. The van der Waals surface area contributed by atoms with Gasteiger partial charge in [0.1, 0.15) is 11.5 Å². The lowest BCUT2D eigenvalue weighted by atomic mass is 10.1. The van der Waals surface area contributed by atoms with E-state index in [1.165, 1.54) is 7.11 Å². The molecule has 1 saturated heterocycles. The van der Waals surface area contributed by atoms with Crippen molar-refractivity contribution in [1.29, 1.82) is 0 Å². The van der Waals surface area contributed by atoms with E-state index >= 15 is 0 Å². The third kappa shape index (κ3) is 4.91. The highest BCUT2D eigenvalue weighted by molar-refractivity contribution is 5.97. The van der Waals surface area contributed by atoms with Crippen molar-refractivity contribution in [1.82, 2.24) is 9.80 Å². The molecule has 1 aliphatic heterocycles. The van der Waals surface area contributed by atoms with Crippen LogP contribution in [0.4, 0.5) is 5.69 Å². The predicted octanol–water partition coefficient (Wildman–Crippen LogP) is 2.72. The fraction of sp³-hybridized carbons (Fsp3) is 0.391. The van der Waals surface area contributed by atoms with Crippen molar-refractivity contribution in [3.8, 4) is 11.5 Å². The zero-order chi connectivity index (χ0) is 21.7. The van der Waals surface area contributed by atoms with Crippen LogP contribution in [0.25, 0.3) is 0 Å². The first-order valence-corrected chi connectivity index (χ1v) is 10.0. The Balaban J connectivity index is 1.56. The number of carbonyl (C=O) groups excluding carboxylic acids is 2. The van der Waals surface area contributed by atoms with Gasteiger partial charge in [-0.1, -0.05) is 18.2 Å². The van der Waals surface area contributed by atoms with Crippen molar-refractivity contribution in [3.63, 3.8) is 0 Å². The number of aryl methyl sites for hydroxylation is 2. The molecule has 0 unspecified atom stereocenters. The van der Waals surface area contributed by atoms with Crippen LogP contribution in [-0.2, 0) is 4.79 Å². The summed E-state index contributed by atoms with van der Waals surface area (Å²) >= 11 is 0. The second-order valence-electron chi connectivity index (χ2n) is 7.45. The van der Waals surface area contributed by atoms with Gasteiger partial charge in [0, 0.05) is 37.9 Å². The Morgan fingerprint density at radius 1 is 0.967 bits per heavy atom. The van der Waals surface area contributed by atoms with Crippen LogP contribution in [0.1, 0.15) is 21.5 Å². The highest BCUT2D eigenvalue weighted by Crippen LogP contribution is 2.26. The number of amides is 2. The number of benzene rings is 2. The van der Waals surface area contributed by atoms with Crippen molar-refractivity contribution < 1.29 is 19.1 Å². The first-order valence-electron chi connectivity index (χ1n) is 10.0. The van der Waals surface area contributed by atoms with Crippen LogP contribution in [0, 0.1) is 13.8 Å². The number of piperazine rings is 1. The SMILES string of the molecule is COc1ccc(C(=O)N2CCN(CC(=O)Nc3c(C)cccc3C)CC2)c(OC)c1. The lowest BCUT2D eigenvalue weighted by molar-refractivity contribution is -0.117. The van der Waals surface area contributed by atoms with E-state index in [-0.39, 0.29) is 11.8 Å². The summed E-state index contributed by atoms with van der Waals surface area (Å²) in [5.41, 5.74) is 3.49. The van der Waals surface area contributed by atoms with Gasteiger partial charge in [0.15, 0.2) is 0 Å². The van der Waals surface area contributed by atoms with Gasteiger partial charge in [0.25, 0.3) is 5.91 Å². The maximum absolute atomic E-state index is 12.9. The van der Waals surface area contributed by atoms with Crippen molar-refractivity contribution in [2.24, 2.45) is 0 Å². The number of rotatable bonds is 6. The molecule has 0 aliphatic carbocycles. The third-order valence-electron chi connectivity index (χ3n) is 5.41. The first kappa shape index (κ1) is 21.6. The van der Waals surface area contributed by atoms with Crippen molar-refractivity contribution in [3.05, 3.63) is 53.1 Å². The van der Waals surface area contributed by atoms with E-state index in [2.05, 4.69) is 10.2 Å². The molecule has 2 aromatic rings. The normalized spacial score (nSPS) is 14.3. The fourth-order valence-corrected chi connectivity index (χ4v) is 3.65. The van der Waals surface area contributed by atoms with Gasteiger partial charge in [0.05, 0.1) is 26.3 Å². The molecule has 160 valence electrons. The summed E-state index contributed by atoms with van der Waals surface area (Å²) in [6, 6.07) is 11.1. The van der Waals surface area contributed by atoms with E-state index in [0.29, 0.717) is 49.8 Å². The van der Waals surface area contributed by atoms with Crippen molar-refractivity contribution in [2.45, 2.75) is 13.8 Å². The summed E-state index contributed by atoms with van der Waals surface area (Å²) in [6.07, 6.45) is 0. The molecule has 1 fully saturated rings. The molecule has 0 spiro atoms. The molecule has 1 heterocycles. The van der Waals surface area contributed by atoms with E-state index < -0.39 is 0 Å². The fourth-order valence-electron chi connectivity index (χ4n) is 3.65. The number of hydrogen-bond acceptors (Lipinski definition) is 5. The van der Waals surface area contributed by atoms with E-state index in [0.717, 1.165) is 16.8 Å². The van der Waals surface area contributed by atoms with Crippen LogP contribution >= 0.6 is 0 Å². The molecule has 1 N–H and O–H groups in total. The van der Waals surface area contributed by atoms with Crippen LogP contribution in [0.15, 0.2) is 36.4 Å². The molecule has 0 aromatic heterocycles. The van der Waals surface area contributed by atoms with Gasteiger partial charge in [-0.25, -0.2) is 0 Å². The number of nitrogens with one attached hydrogen (secondary N) is 1. The Kier molecular flexibility index (Phi) is 6.95. The van der Waals surface area contributed by atoms with Gasteiger partial charge >= 0.3 is 0 Å². The van der Waals surface area contributed by atoms with E-state index in [1.807, 2.05) is 32.0 Å². The van der Waals surface area contributed by atoms with Crippen LogP contribution in [-0.4, -0.2) is 68.6 Å². The van der Waals surface area contributed by atoms with Crippen molar-refractivity contribution in [2.75, 3.05) is 52.3 Å². The average molecular weight is 412 g/mol. The maximum Gasteiger partial charge on any atom is 0.257 e. The molecule has 3 rings (SSSR count). The second-order valence-corrected chi connectivity index (χ2v) is 7.45. The van der Waals surface area contributed by atoms with Gasteiger partial charge < -0.3 is 19.7 Å². The molecule has 0 radical (unpaired) electrons. The second kappa shape index (κ2) is 9.63. The molecule has 2 amide bonds. The Morgan fingerprint density at radius 2 is 1.63 bits per heavy atom. The van der Waals surface area contributed by atoms with Crippen LogP contribution in [0.3, 0.4) is 0 Å². The molecular weight excluding hydrogens is 382 g/mol. The van der Waals surface area contributed by atoms with Crippen LogP contribution in [0.2, 0.25) is 0 Å². The topological polar surface area (TPSA) is 71.1 Å². The number of methoxy groups -OCH3 is 2. The van der Waals surface area contributed by atoms with Gasteiger partial charge in [-0.3, -0.25) is 14.5 Å². The summed E-state index contributed by atoms with van der Waals surface area (Å²) in [5, 5.41) is 3.02. The molecule has 7 heteroatoms. The van der Waals surface area contributed by atoms with E-state index in [1.54, 1.807) is 30.2 Å². The predicted molar refractivity (Wildman–Crippen MR) is 116 cm³/mol. The van der Waals surface area contributed by atoms with Crippen molar-refractivity contribution >= 4 is 17.5 Å². The number of nitrogens with zero attached hydrogens (tertiary/aromatic N) is 2. The molecule has 7 nitrogen and oxygen atoms in total. The zero-order valence-corrected chi connectivity index (χ0v) is 18.0. The lowest BCUT2D eigenvalue weighted by Gasteiger charge is -2.34. The summed E-state index contributed by atoms with van der Waals surface area (Å²) in [7, 11) is 3.12. The number of anilines is 1. The summed E-state index contributed by atoms with van der Waals surface area (Å²) in [4.78, 5) is 29.3. The minimum absolute atomic E-state index is 0.0380. The number of carbonyl (C=O) groups is 2. The molecule has 2 aromatic carbocycles. The van der Waals surface area contributed by atoms with Gasteiger partial charge in [-0.15, -0.1) is 0 Å². The summed E-state index contributed by atoms with van der Waals surface area (Å²) in [6.45, 7) is 6.69. The largest absolute Gasteiger partial charge is 0.497 e. The smallest absolute Gasteiger partial charge is 0.257 e. The zero-order valence-electron chi connectivity index (χ0n) is 18.0. The van der Waals surface area contributed by atoms with Crippen LogP contribution < -0.4 is 14.8 Å². The minimum atomic E-state index is -0.0749.